The number of allylic oxidation sites excluding steroid dienone is 1. The number of hydrogen-bond acceptors (Lipinski definition) is 4. The molecule has 0 aromatic heterocycles. The number of rotatable bonds is 3. The molecule has 0 amide bonds. The van der Waals surface area contributed by atoms with Gasteiger partial charge in [-0.1, -0.05) is 0 Å². The Bertz CT molecular complexity index is 659. The minimum atomic E-state index is -3.55. The average Bonchev–Trinajstić information content (AvgIpc) is 2.70. The fourth-order valence-corrected chi connectivity index (χ4v) is 6.61. The molecule has 1 aromatic carbocycles. The molecule has 1 aliphatic rings. The number of ether oxygens (including phenoxy) is 1. The summed E-state index contributed by atoms with van der Waals surface area (Å²) in [5, 5.41) is 0. The van der Waals surface area contributed by atoms with E-state index in [-0.39, 0.29) is 4.90 Å². The van der Waals surface area contributed by atoms with Crippen molar-refractivity contribution in [2.75, 3.05) is 0 Å². The van der Waals surface area contributed by atoms with Crippen molar-refractivity contribution in [1.82, 2.24) is 2.53 Å². The molecular weight excluding hydrogens is 397 g/mol. The first-order chi connectivity index (χ1) is 9.61. The Kier molecular flexibility index (Phi) is 4.49. The third-order valence-electron chi connectivity index (χ3n) is 2.78. The molecule has 0 fully saturated rings. The van der Waals surface area contributed by atoms with Crippen LogP contribution in [0.4, 0.5) is 0 Å². The molecule has 0 saturated heterocycles. The third-order valence-corrected chi connectivity index (χ3v) is 9.18. The van der Waals surface area contributed by atoms with Crippen molar-refractivity contribution in [3.63, 3.8) is 0 Å². The second kappa shape index (κ2) is 5.72. The summed E-state index contributed by atoms with van der Waals surface area (Å²) < 4.78 is 38.0. The summed E-state index contributed by atoms with van der Waals surface area (Å²) in [5.74, 6) is 0.338. The van der Waals surface area contributed by atoms with Crippen molar-refractivity contribution in [2.24, 2.45) is 0 Å². The third kappa shape index (κ3) is 3.66. The van der Waals surface area contributed by atoms with E-state index in [2.05, 4.69) is 0 Å². The van der Waals surface area contributed by atoms with E-state index in [0.29, 0.717) is 11.6 Å². The van der Waals surface area contributed by atoms with E-state index in [4.69, 9.17) is 7.81 Å². The van der Waals surface area contributed by atoms with Gasteiger partial charge < -0.3 is 0 Å². The van der Waals surface area contributed by atoms with Crippen LogP contribution in [-0.2, 0) is 17.8 Å². The summed E-state index contributed by atoms with van der Waals surface area (Å²) >= 11 is -1.72. The number of aryl methyl sites for hydroxylation is 1. The molecule has 1 aromatic rings. The second-order valence-corrected chi connectivity index (χ2v) is 11.0. The summed E-state index contributed by atoms with van der Waals surface area (Å²) in [6, 6.07) is 6.83. The van der Waals surface area contributed by atoms with Crippen molar-refractivity contribution in [3.05, 3.63) is 41.5 Å². The molecule has 21 heavy (non-hydrogen) atoms. The summed E-state index contributed by atoms with van der Waals surface area (Å²) in [5.41, 5.74) is 1.15. The van der Waals surface area contributed by atoms with Crippen LogP contribution < -0.4 is 0 Å². The fourth-order valence-electron chi connectivity index (χ4n) is 1.73. The van der Waals surface area contributed by atoms with E-state index in [1.807, 2.05) is 27.7 Å². The molecule has 7 heteroatoms. The van der Waals surface area contributed by atoms with E-state index in [0.717, 1.165) is 5.56 Å². The molecule has 5 nitrogen and oxygen atoms in total. The van der Waals surface area contributed by atoms with Gasteiger partial charge in [-0.2, -0.15) is 0 Å². The molecular formula is C14H19NO4SSn. The monoisotopic (exact) mass is 417 g/mol. The maximum absolute atomic E-state index is 12.7. The molecule has 0 N–H and O–H groups in total. The first kappa shape index (κ1) is 16.5. The van der Waals surface area contributed by atoms with Gasteiger partial charge in [0.15, 0.2) is 0 Å². The number of hydrogen-bond donors (Lipinski definition) is 0. The summed E-state index contributed by atoms with van der Waals surface area (Å²) in [7, 11) is -3.55. The molecule has 0 spiro atoms. The van der Waals surface area contributed by atoms with E-state index >= 15 is 0 Å². The molecule has 1 heterocycles. The van der Waals surface area contributed by atoms with Gasteiger partial charge in [-0.05, 0) is 0 Å². The number of benzene rings is 1. The molecule has 114 valence electrons. The number of sulfonamides is 1. The zero-order chi connectivity index (χ0) is 15.8. The van der Waals surface area contributed by atoms with Crippen LogP contribution >= 0.6 is 0 Å². The minimum absolute atomic E-state index is 0.286. The molecule has 2 radical (unpaired) electrons. The van der Waals surface area contributed by atoms with Crippen LogP contribution in [0.5, 0.6) is 0 Å². The Hall–Kier alpha value is -0.891. The summed E-state index contributed by atoms with van der Waals surface area (Å²) in [6.45, 7) is 9.35. The van der Waals surface area contributed by atoms with Gasteiger partial charge in [0, 0.05) is 0 Å². The summed E-state index contributed by atoms with van der Waals surface area (Å²) in [6.07, 6.45) is 0. The average molecular weight is 416 g/mol. The SMILES string of the molecule is CC1=C(OC(C)(C)C)[O][Sn][N]1S(=O)(=O)c1ccc(C)cc1. The van der Waals surface area contributed by atoms with Gasteiger partial charge in [0.05, 0.1) is 0 Å². The number of nitrogens with zero attached hydrogens (tertiary/aromatic N) is 1. The van der Waals surface area contributed by atoms with Gasteiger partial charge in [-0.15, -0.1) is 0 Å². The van der Waals surface area contributed by atoms with Crippen LogP contribution in [0.25, 0.3) is 0 Å². The van der Waals surface area contributed by atoms with Gasteiger partial charge in [-0.25, -0.2) is 0 Å². The Labute approximate surface area is 137 Å². The fraction of sp³-hybridized carbons (Fsp3) is 0.429. The van der Waals surface area contributed by atoms with Gasteiger partial charge >= 0.3 is 137 Å². The predicted octanol–water partition coefficient (Wildman–Crippen LogP) is 2.55. The van der Waals surface area contributed by atoms with E-state index < -0.39 is 37.5 Å². The van der Waals surface area contributed by atoms with Gasteiger partial charge in [-0.3, -0.25) is 0 Å². The van der Waals surface area contributed by atoms with Crippen LogP contribution in [0.2, 0.25) is 0 Å². The van der Waals surface area contributed by atoms with Crippen LogP contribution in [0.1, 0.15) is 33.3 Å². The molecule has 0 unspecified atom stereocenters. The molecule has 0 saturated carbocycles. The van der Waals surface area contributed by atoms with Crippen LogP contribution in [-0.4, -0.2) is 38.4 Å². The Morgan fingerprint density at radius 1 is 1.14 bits per heavy atom. The van der Waals surface area contributed by atoms with Crippen molar-refractivity contribution in [1.29, 1.82) is 0 Å². The van der Waals surface area contributed by atoms with E-state index in [9.17, 15) is 8.42 Å². The van der Waals surface area contributed by atoms with Crippen molar-refractivity contribution in [2.45, 2.75) is 45.1 Å². The second-order valence-electron chi connectivity index (χ2n) is 5.86. The van der Waals surface area contributed by atoms with Crippen LogP contribution in [0.15, 0.2) is 40.8 Å². The van der Waals surface area contributed by atoms with Gasteiger partial charge in [0.25, 0.3) is 0 Å². The molecule has 0 bridgehead atoms. The van der Waals surface area contributed by atoms with Gasteiger partial charge in [0.1, 0.15) is 0 Å². The van der Waals surface area contributed by atoms with Crippen molar-refractivity contribution in [3.8, 4) is 0 Å². The zero-order valence-corrected chi connectivity index (χ0v) is 16.5. The quantitative estimate of drug-likeness (QED) is 0.712. The topological polar surface area (TPSA) is 55.8 Å². The summed E-state index contributed by atoms with van der Waals surface area (Å²) in [4.78, 5) is 0.286. The standard InChI is InChI=1S/C14H20NO4S.Sn/c1-10-6-8-12(9-7-10)20(17,18)15-11(2)13(16)19-14(3,4)5;/h6-9,16H,1-5H3;/q-1;+2/p-1. The van der Waals surface area contributed by atoms with Crippen LogP contribution in [0, 0.1) is 6.92 Å². The Morgan fingerprint density at radius 2 is 1.71 bits per heavy atom. The first-order valence-corrected chi connectivity index (χ1v) is 10.4. The van der Waals surface area contributed by atoms with Crippen molar-refractivity contribution >= 4 is 31.9 Å². The molecule has 2 rings (SSSR count). The van der Waals surface area contributed by atoms with Crippen molar-refractivity contribution < 1.29 is 16.2 Å². The van der Waals surface area contributed by atoms with Gasteiger partial charge in [0.2, 0.25) is 0 Å². The first-order valence-electron chi connectivity index (χ1n) is 6.56. The van der Waals surface area contributed by atoms with E-state index in [1.54, 1.807) is 31.2 Å². The predicted molar refractivity (Wildman–Crippen MR) is 80.6 cm³/mol. The van der Waals surface area contributed by atoms with Crippen LogP contribution in [0.3, 0.4) is 0 Å². The van der Waals surface area contributed by atoms with E-state index in [1.165, 1.54) is 2.53 Å². The molecule has 0 aliphatic carbocycles. The molecule has 0 atom stereocenters. The normalized spacial score (nSPS) is 16.1. The maximum atomic E-state index is 12.7. The Balaban J connectivity index is 2.32. The Morgan fingerprint density at radius 3 is 2.24 bits per heavy atom. The molecule has 1 aliphatic heterocycles. The zero-order valence-electron chi connectivity index (χ0n) is 12.8.